The minimum Gasteiger partial charge on any atom is -0.383 e. The highest BCUT2D eigenvalue weighted by atomic mass is 19.1. The molecular formula is C20H31FN4O. The average molecular weight is 362 g/mol. The van der Waals surface area contributed by atoms with Crippen molar-refractivity contribution in [2.75, 3.05) is 46.9 Å². The van der Waals surface area contributed by atoms with Crippen molar-refractivity contribution in [3.8, 4) is 0 Å². The quantitative estimate of drug-likeness (QED) is 0.576. The molecule has 3 rings (SSSR count). The molecule has 1 saturated heterocycles. The molecule has 6 heteroatoms. The van der Waals surface area contributed by atoms with Gasteiger partial charge in [0.1, 0.15) is 5.82 Å². The summed E-state index contributed by atoms with van der Waals surface area (Å²) < 4.78 is 18.7. The highest BCUT2D eigenvalue weighted by Gasteiger charge is 2.44. The van der Waals surface area contributed by atoms with E-state index in [1.54, 1.807) is 19.2 Å². The number of likely N-dealkylation sites (tertiary alicyclic amines) is 1. The number of benzene rings is 1. The van der Waals surface area contributed by atoms with Crippen molar-refractivity contribution in [3.63, 3.8) is 0 Å². The van der Waals surface area contributed by atoms with Gasteiger partial charge in [-0.1, -0.05) is 12.1 Å². The first-order valence-electron chi connectivity index (χ1n) is 9.60. The molecule has 1 saturated carbocycles. The van der Waals surface area contributed by atoms with Gasteiger partial charge in [-0.25, -0.2) is 4.39 Å². The molecule has 0 spiro atoms. The number of hydrogen-bond donors (Lipinski definition) is 2. The Kier molecular flexibility index (Phi) is 6.48. The molecular weight excluding hydrogens is 331 g/mol. The van der Waals surface area contributed by atoms with E-state index in [1.165, 1.54) is 6.07 Å². The van der Waals surface area contributed by atoms with Crippen LogP contribution in [0.25, 0.3) is 0 Å². The Morgan fingerprint density at radius 2 is 2.12 bits per heavy atom. The zero-order valence-corrected chi connectivity index (χ0v) is 15.9. The van der Waals surface area contributed by atoms with E-state index >= 15 is 0 Å². The zero-order valence-electron chi connectivity index (χ0n) is 15.9. The molecule has 144 valence electrons. The summed E-state index contributed by atoms with van der Waals surface area (Å²) in [6.45, 7) is 4.77. The third kappa shape index (κ3) is 4.95. The van der Waals surface area contributed by atoms with Crippen LogP contribution in [0, 0.1) is 5.82 Å². The molecule has 1 aliphatic heterocycles. The van der Waals surface area contributed by atoms with Crippen LogP contribution in [0.2, 0.25) is 0 Å². The van der Waals surface area contributed by atoms with E-state index in [-0.39, 0.29) is 11.2 Å². The molecule has 5 nitrogen and oxygen atoms in total. The van der Waals surface area contributed by atoms with Gasteiger partial charge >= 0.3 is 0 Å². The molecule has 0 radical (unpaired) electrons. The summed E-state index contributed by atoms with van der Waals surface area (Å²) in [7, 11) is 3.56. The molecule has 2 N–H and O–H groups in total. The maximum atomic E-state index is 13.5. The third-order valence-corrected chi connectivity index (χ3v) is 5.65. The van der Waals surface area contributed by atoms with Crippen molar-refractivity contribution in [1.82, 2.24) is 15.5 Å². The van der Waals surface area contributed by atoms with E-state index < -0.39 is 0 Å². The number of methoxy groups -OCH3 is 1. The monoisotopic (exact) mass is 362 g/mol. The van der Waals surface area contributed by atoms with Gasteiger partial charge in [-0.2, -0.15) is 0 Å². The van der Waals surface area contributed by atoms with Crippen molar-refractivity contribution >= 4 is 5.96 Å². The van der Waals surface area contributed by atoms with Gasteiger partial charge in [0.25, 0.3) is 0 Å². The summed E-state index contributed by atoms with van der Waals surface area (Å²) in [6, 6.07) is 7.45. The predicted molar refractivity (Wildman–Crippen MR) is 103 cm³/mol. The van der Waals surface area contributed by atoms with E-state index in [1.807, 2.05) is 13.1 Å². The van der Waals surface area contributed by atoms with Gasteiger partial charge in [-0.3, -0.25) is 4.99 Å². The fourth-order valence-electron chi connectivity index (χ4n) is 3.70. The van der Waals surface area contributed by atoms with Gasteiger partial charge in [-0.15, -0.1) is 0 Å². The number of rotatable bonds is 7. The largest absolute Gasteiger partial charge is 0.383 e. The lowest BCUT2D eigenvalue weighted by molar-refractivity contribution is 0.128. The van der Waals surface area contributed by atoms with Crippen LogP contribution in [-0.2, 0) is 10.2 Å². The van der Waals surface area contributed by atoms with Gasteiger partial charge in [0, 0.05) is 51.8 Å². The Morgan fingerprint density at radius 3 is 2.73 bits per heavy atom. The molecule has 26 heavy (non-hydrogen) atoms. The molecule has 1 aromatic rings. The van der Waals surface area contributed by atoms with Crippen LogP contribution in [-0.4, -0.2) is 63.8 Å². The Morgan fingerprint density at radius 1 is 1.35 bits per heavy atom. The molecule has 0 bridgehead atoms. The molecule has 0 atom stereocenters. The SMILES string of the molecule is CN=C(NCC1(c2cccc(F)c2)CC1)NC1CCN(CCOC)CC1. The topological polar surface area (TPSA) is 48.9 Å². The number of nitrogens with zero attached hydrogens (tertiary/aromatic N) is 2. The van der Waals surface area contributed by atoms with Gasteiger partial charge in [0.2, 0.25) is 0 Å². The van der Waals surface area contributed by atoms with E-state index in [4.69, 9.17) is 4.74 Å². The standard InChI is InChI=1S/C20H31FN4O/c1-22-19(24-18-6-10-25(11-7-18)12-13-26-2)23-15-20(8-9-20)16-4-3-5-17(21)14-16/h3-5,14,18H,6-13,15H2,1-2H3,(H2,22,23,24). The zero-order chi connectivity index (χ0) is 18.4. The van der Waals surface area contributed by atoms with Crippen LogP contribution in [0.3, 0.4) is 0 Å². The van der Waals surface area contributed by atoms with Gasteiger partial charge in [-0.05, 0) is 43.4 Å². The first-order valence-corrected chi connectivity index (χ1v) is 9.60. The summed E-state index contributed by atoms with van der Waals surface area (Å²) in [5, 5.41) is 7.02. The molecule has 1 aliphatic carbocycles. The van der Waals surface area contributed by atoms with Crippen LogP contribution in [0.5, 0.6) is 0 Å². The molecule has 0 aromatic heterocycles. The van der Waals surface area contributed by atoms with Gasteiger partial charge in [0.05, 0.1) is 6.61 Å². The summed E-state index contributed by atoms with van der Waals surface area (Å²) in [4.78, 5) is 6.83. The van der Waals surface area contributed by atoms with Crippen LogP contribution in [0.4, 0.5) is 4.39 Å². The minimum absolute atomic E-state index is 0.0588. The lowest BCUT2D eigenvalue weighted by Gasteiger charge is -2.33. The Labute approximate surface area is 156 Å². The van der Waals surface area contributed by atoms with Crippen LogP contribution in [0.1, 0.15) is 31.2 Å². The second-order valence-corrected chi connectivity index (χ2v) is 7.47. The maximum absolute atomic E-state index is 13.5. The second-order valence-electron chi connectivity index (χ2n) is 7.47. The maximum Gasteiger partial charge on any atom is 0.191 e. The van der Waals surface area contributed by atoms with Crippen LogP contribution < -0.4 is 10.6 Å². The normalized spacial score (nSPS) is 20.8. The fraction of sp³-hybridized carbons (Fsp3) is 0.650. The number of aliphatic imine (C=N–C) groups is 1. The molecule has 0 amide bonds. The van der Waals surface area contributed by atoms with Crippen LogP contribution >= 0.6 is 0 Å². The summed E-state index contributed by atoms with van der Waals surface area (Å²) in [6.07, 6.45) is 4.41. The number of guanidine groups is 1. The van der Waals surface area contributed by atoms with Crippen molar-refractivity contribution in [1.29, 1.82) is 0 Å². The van der Waals surface area contributed by atoms with Crippen molar-refractivity contribution in [3.05, 3.63) is 35.6 Å². The Hall–Kier alpha value is -1.66. The second kappa shape index (κ2) is 8.82. The molecule has 0 unspecified atom stereocenters. The molecule has 1 heterocycles. The lowest BCUT2D eigenvalue weighted by atomic mass is 9.96. The summed E-state index contributed by atoms with van der Waals surface area (Å²) in [5.41, 5.74) is 1.15. The minimum atomic E-state index is -0.156. The number of hydrogen-bond acceptors (Lipinski definition) is 3. The number of ether oxygens (including phenoxy) is 1. The van der Waals surface area contributed by atoms with Crippen molar-refractivity contribution in [2.24, 2.45) is 4.99 Å². The highest BCUT2D eigenvalue weighted by molar-refractivity contribution is 5.80. The van der Waals surface area contributed by atoms with Crippen molar-refractivity contribution < 1.29 is 9.13 Å². The van der Waals surface area contributed by atoms with Crippen molar-refractivity contribution in [2.45, 2.75) is 37.1 Å². The first kappa shape index (κ1) is 19.1. The Bertz CT molecular complexity index is 610. The van der Waals surface area contributed by atoms with E-state index in [0.717, 1.165) is 70.0 Å². The predicted octanol–water partition coefficient (Wildman–Crippen LogP) is 2.13. The van der Waals surface area contributed by atoms with E-state index in [0.29, 0.717) is 6.04 Å². The lowest BCUT2D eigenvalue weighted by Crippen LogP contribution is -2.50. The summed E-state index contributed by atoms with van der Waals surface area (Å²) in [5.74, 6) is 0.694. The smallest absolute Gasteiger partial charge is 0.191 e. The third-order valence-electron chi connectivity index (χ3n) is 5.65. The first-order chi connectivity index (χ1) is 12.6. The summed E-state index contributed by atoms with van der Waals surface area (Å²) >= 11 is 0. The number of halogens is 1. The van der Waals surface area contributed by atoms with E-state index in [2.05, 4.69) is 20.5 Å². The molecule has 1 aromatic carbocycles. The Balaban J connectivity index is 1.46. The average Bonchev–Trinajstić information content (AvgIpc) is 3.45. The fourth-order valence-corrected chi connectivity index (χ4v) is 3.70. The number of nitrogens with one attached hydrogen (secondary N) is 2. The molecule has 2 aliphatic rings. The van der Waals surface area contributed by atoms with Gasteiger partial charge < -0.3 is 20.3 Å². The van der Waals surface area contributed by atoms with Crippen LogP contribution in [0.15, 0.2) is 29.3 Å². The molecule has 2 fully saturated rings. The highest BCUT2D eigenvalue weighted by Crippen LogP contribution is 2.47. The van der Waals surface area contributed by atoms with E-state index in [9.17, 15) is 4.39 Å². The van der Waals surface area contributed by atoms with Gasteiger partial charge in [0.15, 0.2) is 5.96 Å². The number of piperidine rings is 1.